The number of carbonyl (C=O) groups is 1. The fourth-order valence-corrected chi connectivity index (χ4v) is 3.71. The molecule has 1 amide bonds. The van der Waals surface area contributed by atoms with Gasteiger partial charge in [-0.25, -0.2) is 0 Å². The van der Waals surface area contributed by atoms with Crippen LogP contribution in [-0.2, 0) is 11.0 Å². The number of carbonyl (C=O) groups excluding carboxylic acids is 1. The zero-order valence-corrected chi connectivity index (χ0v) is 17.2. The molecule has 1 aromatic rings. The number of amides is 1. The second-order valence-electron chi connectivity index (χ2n) is 7.92. The number of thioether (sulfide) groups is 1. The molecule has 0 aromatic heterocycles. The molecule has 0 spiro atoms. The van der Waals surface area contributed by atoms with E-state index in [0.29, 0.717) is 6.07 Å². The van der Waals surface area contributed by atoms with Gasteiger partial charge in [-0.3, -0.25) is 4.79 Å². The highest BCUT2D eigenvalue weighted by Gasteiger charge is 2.51. The van der Waals surface area contributed by atoms with Crippen molar-refractivity contribution in [1.82, 2.24) is 0 Å². The highest BCUT2D eigenvalue weighted by molar-refractivity contribution is 8.00. The van der Waals surface area contributed by atoms with E-state index in [-0.39, 0.29) is 10.6 Å². The van der Waals surface area contributed by atoms with E-state index < -0.39 is 52.1 Å². The van der Waals surface area contributed by atoms with Gasteiger partial charge in [-0.15, -0.1) is 11.8 Å². The van der Waals surface area contributed by atoms with Crippen LogP contribution in [0.2, 0.25) is 0 Å². The third-order valence-corrected chi connectivity index (χ3v) is 5.26. The Morgan fingerprint density at radius 2 is 1.83 bits per heavy atom. The largest absolute Gasteiger partial charge is 0.417 e. The highest BCUT2D eigenvalue weighted by atomic mass is 32.2. The first-order chi connectivity index (χ1) is 13.5. The van der Waals surface area contributed by atoms with Crippen LogP contribution in [0.5, 0.6) is 0 Å². The zero-order valence-electron chi connectivity index (χ0n) is 16.4. The maximum Gasteiger partial charge on any atom is 0.417 e. The van der Waals surface area contributed by atoms with Crippen LogP contribution in [0.15, 0.2) is 27.3 Å². The lowest BCUT2D eigenvalue weighted by Crippen LogP contribution is -2.40. The Balaban J connectivity index is 2.45. The first kappa shape index (κ1) is 24.0. The average Bonchev–Trinajstić information content (AvgIpc) is 2.97. The average molecular weight is 452 g/mol. The minimum absolute atomic E-state index is 0.173. The maximum atomic E-state index is 13.4. The molecule has 0 saturated heterocycles. The Bertz CT molecular complexity index is 913. The molecule has 12 heteroatoms. The summed E-state index contributed by atoms with van der Waals surface area (Å²) in [7, 11) is 0. The van der Waals surface area contributed by atoms with Gasteiger partial charge in [-0.2, -0.15) is 41.8 Å². The first-order valence-corrected chi connectivity index (χ1v) is 9.42. The molecule has 1 aliphatic heterocycles. The van der Waals surface area contributed by atoms with Gasteiger partial charge in [0.25, 0.3) is 5.91 Å². The zero-order chi connectivity index (χ0) is 23.1. The SMILES string of the molecule is CC(C)(C)Sc1cc(C#N)c(C(F)(F)F)cc1NC(=O)C1(C)CC(C(F)(F)F)N=N1. The Labute approximate surface area is 172 Å². The molecule has 2 unspecified atom stereocenters. The second-order valence-corrected chi connectivity index (χ2v) is 9.79. The number of alkyl halides is 6. The van der Waals surface area contributed by atoms with Crippen molar-refractivity contribution in [1.29, 1.82) is 5.26 Å². The summed E-state index contributed by atoms with van der Waals surface area (Å²) in [4.78, 5) is 12.8. The fraction of sp³-hybridized carbons (Fsp3) is 0.556. The molecule has 0 bridgehead atoms. The van der Waals surface area contributed by atoms with Gasteiger partial charge in [0.05, 0.1) is 22.9 Å². The van der Waals surface area contributed by atoms with Crippen molar-refractivity contribution >= 4 is 23.4 Å². The molecule has 0 aliphatic carbocycles. The van der Waals surface area contributed by atoms with Crippen LogP contribution in [0.1, 0.15) is 45.2 Å². The topological polar surface area (TPSA) is 77.6 Å². The number of hydrogen-bond donors (Lipinski definition) is 1. The number of nitriles is 1. The van der Waals surface area contributed by atoms with Crippen LogP contribution in [0.25, 0.3) is 0 Å². The van der Waals surface area contributed by atoms with Crippen molar-refractivity contribution in [3.63, 3.8) is 0 Å². The molecule has 1 heterocycles. The lowest BCUT2D eigenvalue weighted by atomic mass is 9.94. The standard InChI is InChI=1S/C18H18F6N4OS/c1-15(2,3)30-12-5-9(8-25)10(17(19,20)21)6-11(12)26-14(29)16(4)7-13(27-28-16)18(22,23)24/h5-6,13H,7H2,1-4H3,(H,26,29). The van der Waals surface area contributed by atoms with Crippen LogP contribution in [-0.4, -0.2) is 28.4 Å². The summed E-state index contributed by atoms with van der Waals surface area (Å²) in [5, 5.41) is 17.9. The van der Waals surface area contributed by atoms with E-state index in [2.05, 4.69) is 15.5 Å². The van der Waals surface area contributed by atoms with Gasteiger partial charge in [0.2, 0.25) is 0 Å². The summed E-state index contributed by atoms with van der Waals surface area (Å²) in [6, 6.07) is 0.943. The van der Waals surface area contributed by atoms with Gasteiger partial charge in [0.1, 0.15) is 0 Å². The minimum atomic E-state index is -4.87. The Morgan fingerprint density at radius 3 is 2.27 bits per heavy atom. The van der Waals surface area contributed by atoms with Gasteiger partial charge in [-0.05, 0) is 19.1 Å². The molecule has 2 atom stereocenters. The quantitative estimate of drug-likeness (QED) is 0.455. The summed E-state index contributed by atoms with van der Waals surface area (Å²) in [6.45, 7) is 6.44. The molecular weight excluding hydrogens is 434 g/mol. The van der Waals surface area contributed by atoms with Gasteiger partial charge in [-0.1, -0.05) is 20.8 Å². The monoisotopic (exact) mass is 452 g/mol. The third kappa shape index (κ3) is 5.44. The van der Waals surface area contributed by atoms with Crippen molar-refractivity contribution in [2.24, 2.45) is 10.2 Å². The molecule has 0 fully saturated rings. The third-order valence-electron chi connectivity index (χ3n) is 4.09. The van der Waals surface area contributed by atoms with Gasteiger partial charge >= 0.3 is 12.4 Å². The number of benzene rings is 1. The normalized spacial score (nSPS) is 22.1. The van der Waals surface area contributed by atoms with E-state index in [1.807, 2.05) is 0 Å². The van der Waals surface area contributed by atoms with E-state index in [4.69, 9.17) is 5.26 Å². The summed E-state index contributed by atoms with van der Waals surface area (Å²) in [5.41, 5.74) is -4.05. The lowest BCUT2D eigenvalue weighted by Gasteiger charge is -2.24. The number of anilines is 1. The van der Waals surface area contributed by atoms with Gasteiger partial charge < -0.3 is 5.32 Å². The molecule has 2 rings (SSSR count). The molecule has 30 heavy (non-hydrogen) atoms. The molecule has 0 radical (unpaired) electrons. The molecule has 1 aromatic carbocycles. The second kappa shape index (κ2) is 7.76. The van der Waals surface area contributed by atoms with Crippen LogP contribution in [0, 0.1) is 11.3 Å². The molecule has 1 N–H and O–H groups in total. The molecule has 164 valence electrons. The van der Waals surface area contributed by atoms with Crippen LogP contribution < -0.4 is 5.32 Å². The fourth-order valence-electron chi connectivity index (χ4n) is 2.65. The van der Waals surface area contributed by atoms with Crippen LogP contribution in [0.4, 0.5) is 32.0 Å². The highest BCUT2D eigenvalue weighted by Crippen LogP contribution is 2.43. The molecule has 1 aliphatic rings. The summed E-state index contributed by atoms with van der Waals surface area (Å²) in [6.07, 6.45) is -10.3. The number of nitrogens with zero attached hydrogens (tertiary/aromatic N) is 3. The maximum absolute atomic E-state index is 13.4. The predicted molar refractivity (Wildman–Crippen MR) is 98.1 cm³/mol. The summed E-state index contributed by atoms with van der Waals surface area (Å²) < 4.78 is 78.2. The lowest BCUT2D eigenvalue weighted by molar-refractivity contribution is -0.148. The molecule has 0 saturated carbocycles. The van der Waals surface area contributed by atoms with Crippen molar-refractivity contribution in [3.05, 3.63) is 23.3 Å². The Hall–Kier alpha value is -2.29. The van der Waals surface area contributed by atoms with E-state index in [0.717, 1.165) is 24.8 Å². The van der Waals surface area contributed by atoms with Crippen molar-refractivity contribution in [2.75, 3.05) is 5.32 Å². The van der Waals surface area contributed by atoms with Crippen molar-refractivity contribution < 1.29 is 31.1 Å². The minimum Gasteiger partial charge on any atom is -0.323 e. The van der Waals surface area contributed by atoms with E-state index >= 15 is 0 Å². The smallest absolute Gasteiger partial charge is 0.323 e. The number of halogens is 6. The van der Waals surface area contributed by atoms with Crippen LogP contribution in [0.3, 0.4) is 0 Å². The number of nitrogens with one attached hydrogen (secondary N) is 1. The van der Waals surface area contributed by atoms with E-state index in [9.17, 15) is 31.1 Å². The van der Waals surface area contributed by atoms with Crippen molar-refractivity contribution in [2.45, 2.75) is 67.7 Å². The molecular formula is C18H18F6N4OS. The number of rotatable bonds is 3. The Morgan fingerprint density at radius 1 is 1.23 bits per heavy atom. The van der Waals surface area contributed by atoms with Crippen molar-refractivity contribution in [3.8, 4) is 6.07 Å². The predicted octanol–water partition coefficient (Wildman–Crippen LogP) is 5.95. The summed E-state index contributed by atoms with van der Waals surface area (Å²) in [5.74, 6) is -1.02. The Kier molecular flexibility index (Phi) is 6.20. The van der Waals surface area contributed by atoms with E-state index in [1.54, 1.807) is 20.8 Å². The number of azo groups is 1. The van der Waals surface area contributed by atoms with Crippen LogP contribution >= 0.6 is 11.8 Å². The summed E-state index contributed by atoms with van der Waals surface area (Å²) >= 11 is 1.10. The first-order valence-electron chi connectivity index (χ1n) is 8.61. The molecule has 5 nitrogen and oxygen atoms in total. The number of hydrogen-bond acceptors (Lipinski definition) is 5. The van der Waals surface area contributed by atoms with Gasteiger partial charge in [0, 0.05) is 16.1 Å². The van der Waals surface area contributed by atoms with E-state index in [1.165, 1.54) is 6.07 Å². The van der Waals surface area contributed by atoms with Gasteiger partial charge in [0.15, 0.2) is 11.6 Å².